The smallest absolute Gasteiger partial charge is 0.320 e. The van der Waals surface area contributed by atoms with Gasteiger partial charge in [-0.15, -0.1) is 0 Å². The maximum absolute atomic E-state index is 13.3. The molecule has 6 amide bonds. The number of urea groups is 1. The highest BCUT2D eigenvalue weighted by atomic mass is 16.5. The van der Waals surface area contributed by atoms with Crippen molar-refractivity contribution in [2.45, 2.75) is 81.6 Å². The van der Waals surface area contributed by atoms with Gasteiger partial charge in [-0.05, 0) is 92.1 Å². The number of hydrogen-bond donors (Lipinski definition) is 3. The zero-order chi connectivity index (χ0) is 42.0. The number of carbonyl (C=O) groups is 5. The number of nitrogens with two attached hydrogens (primary N) is 1. The molecule has 6 saturated heterocycles. The first-order valence-electron chi connectivity index (χ1n) is 21.7. The molecule has 10 rings (SSSR count). The minimum Gasteiger partial charge on any atom is -0.377 e. The minimum atomic E-state index is -0.659. The number of fused-ring (bicyclic) bond motifs is 1. The number of benzene rings is 2. The molecule has 3 aromatic rings. The van der Waals surface area contributed by atoms with E-state index >= 15 is 0 Å². The number of aromatic nitrogens is 2. The van der Waals surface area contributed by atoms with Gasteiger partial charge >= 0.3 is 6.03 Å². The summed E-state index contributed by atoms with van der Waals surface area (Å²) in [5, 5.41) is 5.70. The van der Waals surface area contributed by atoms with Crippen LogP contribution in [0.5, 0.6) is 0 Å². The SMILES string of the molecule is CC1(c2ccc(Nc3nc(N4CCCC(N5CCN(C6COC6)C5=O)C4)cnc3C(N)=O)cc2)CCN(C2CN(c3ccc4c(c3)CN(C3CCC(=O)NC3=O)C4=O)C2)CC1. The molecule has 1 aromatic heterocycles. The number of ether oxygens (including phenoxy) is 1. The molecule has 17 heteroatoms. The van der Waals surface area contributed by atoms with Gasteiger partial charge in [0, 0.05) is 75.2 Å². The molecule has 6 fully saturated rings. The molecule has 7 aliphatic heterocycles. The van der Waals surface area contributed by atoms with E-state index in [9.17, 15) is 24.0 Å². The average Bonchev–Trinajstić information content (AvgIpc) is 3.75. The molecule has 17 nitrogen and oxygen atoms in total. The molecule has 2 aromatic carbocycles. The van der Waals surface area contributed by atoms with Crippen LogP contribution in [0.15, 0.2) is 48.7 Å². The van der Waals surface area contributed by atoms with Gasteiger partial charge in [0.05, 0.1) is 31.5 Å². The van der Waals surface area contributed by atoms with Crippen LogP contribution in [-0.4, -0.2) is 149 Å². The van der Waals surface area contributed by atoms with Crippen LogP contribution in [-0.2, 0) is 26.3 Å². The van der Waals surface area contributed by atoms with Gasteiger partial charge in [0.25, 0.3) is 11.8 Å². The average molecular weight is 832 g/mol. The first-order chi connectivity index (χ1) is 29.5. The standard InChI is InChI=1S/C44H53N11O6/c1-44(12-15-50(16-13-44)32-23-52(24-32)30-8-9-34-27(19-30)21-55(42(34)59)35-10-11-37(56)49-41(35)58)28-4-6-29(7-5-28)47-40-38(39(45)57)46-20-36(48-40)51-14-2-3-31(22-51)53-17-18-54(43(53)60)33-25-61-26-33/h4-9,19-20,31-33,35H,2-3,10-18,21-26H2,1H3,(H2,45,57)(H,47,48)(H,49,56,58). The predicted molar refractivity (Wildman–Crippen MR) is 226 cm³/mol. The fraction of sp³-hybridized carbons (Fsp3) is 0.523. The second kappa shape index (κ2) is 15.6. The Morgan fingerprint density at radius 2 is 1.61 bits per heavy atom. The molecule has 7 aliphatic rings. The first-order valence-corrected chi connectivity index (χ1v) is 21.7. The van der Waals surface area contributed by atoms with E-state index in [-0.39, 0.29) is 47.5 Å². The minimum absolute atomic E-state index is 0.0156. The highest BCUT2D eigenvalue weighted by molar-refractivity contribution is 6.05. The largest absolute Gasteiger partial charge is 0.377 e. The maximum Gasteiger partial charge on any atom is 0.320 e. The lowest BCUT2D eigenvalue weighted by atomic mass is 9.74. The van der Waals surface area contributed by atoms with E-state index in [4.69, 9.17) is 15.5 Å². The van der Waals surface area contributed by atoms with Crippen molar-refractivity contribution in [3.63, 3.8) is 0 Å². The number of piperidine rings is 3. The van der Waals surface area contributed by atoms with Gasteiger partial charge in [-0.25, -0.2) is 14.8 Å². The summed E-state index contributed by atoms with van der Waals surface area (Å²) in [7, 11) is 0. The van der Waals surface area contributed by atoms with Crippen molar-refractivity contribution in [1.29, 1.82) is 0 Å². The van der Waals surface area contributed by atoms with Gasteiger partial charge in [-0.2, -0.15) is 0 Å². The van der Waals surface area contributed by atoms with E-state index in [0.717, 1.165) is 81.9 Å². The summed E-state index contributed by atoms with van der Waals surface area (Å²) >= 11 is 0. The molecule has 320 valence electrons. The first kappa shape index (κ1) is 39.3. The molecular formula is C44H53N11O6. The van der Waals surface area contributed by atoms with E-state index in [1.54, 1.807) is 11.1 Å². The molecule has 0 spiro atoms. The summed E-state index contributed by atoms with van der Waals surface area (Å²) in [6, 6.07) is 14.5. The van der Waals surface area contributed by atoms with Crippen molar-refractivity contribution in [2.24, 2.45) is 5.73 Å². The van der Waals surface area contributed by atoms with Gasteiger partial charge in [0.15, 0.2) is 11.5 Å². The van der Waals surface area contributed by atoms with Crippen LogP contribution in [0.1, 0.15) is 77.4 Å². The highest BCUT2D eigenvalue weighted by Crippen LogP contribution is 2.39. The predicted octanol–water partition coefficient (Wildman–Crippen LogP) is 2.43. The number of nitrogens with zero attached hydrogens (tertiary/aromatic N) is 8. The third-order valence-electron chi connectivity index (χ3n) is 14.3. The van der Waals surface area contributed by atoms with Crippen LogP contribution in [0.4, 0.5) is 27.8 Å². The van der Waals surface area contributed by atoms with E-state index in [1.807, 2.05) is 34.1 Å². The molecular weight excluding hydrogens is 779 g/mol. The Morgan fingerprint density at radius 3 is 2.31 bits per heavy atom. The summed E-state index contributed by atoms with van der Waals surface area (Å²) < 4.78 is 5.33. The molecule has 61 heavy (non-hydrogen) atoms. The Balaban J connectivity index is 0.733. The number of likely N-dealkylation sites (tertiary alicyclic amines) is 1. The number of anilines is 4. The van der Waals surface area contributed by atoms with Crippen LogP contribution in [0, 0.1) is 0 Å². The van der Waals surface area contributed by atoms with Crippen LogP contribution < -0.4 is 26.2 Å². The Hall–Kier alpha value is -5.81. The highest BCUT2D eigenvalue weighted by Gasteiger charge is 2.43. The fourth-order valence-electron chi connectivity index (χ4n) is 10.3. The lowest BCUT2D eigenvalue weighted by Crippen LogP contribution is -2.61. The number of imide groups is 1. The number of nitrogens with one attached hydrogen (secondary N) is 2. The van der Waals surface area contributed by atoms with Gasteiger partial charge in [-0.1, -0.05) is 19.1 Å². The molecule has 0 radical (unpaired) electrons. The van der Waals surface area contributed by atoms with Crippen molar-refractivity contribution in [3.05, 3.63) is 71.0 Å². The normalized spacial score (nSPS) is 24.8. The van der Waals surface area contributed by atoms with Crippen molar-refractivity contribution < 1.29 is 28.7 Å². The van der Waals surface area contributed by atoms with Crippen LogP contribution in [0.3, 0.4) is 0 Å². The van der Waals surface area contributed by atoms with E-state index in [0.29, 0.717) is 62.5 Å². The fourth-order valence-corrected chi connectivity index (χ4v) is 10.3. The number of rotatable bonds is 10. The molecule has 0 bridgehead atoms. The molecule has 0 saturated carbocycles. The summed E-state index contributed by atoms with van der Waals surface area (Å²) in [6.45, 7) is 10.6. The summed E-state index contributed by atoms with van der Waals surface area (Å²) in [5.41, 5.74) is 10.6. The Kier molecular flexibility index (Phi) is 10.0. The van der Waals surface area contributed by atoms with E-state index in [2.05, 4.69) is 55.4 Å². The lowest BCUT2D eigenvalue weighted by Gasteiger charge is -2.50. The van der Waals surface area contributed by atoms with Crippen molar-refractivity contribution >= 4 is 52.7 Å². The van der Waals surface area contributed by atoms with Gasteiger partial charge in [0.2, 0.25) is 11.8 Å². The monoisotopic (exact) mass is 831 g/mol. The third-order valence-corrected chi connectivity index (χ3v) is 14.3. The molecule has 0 aliphatic carbocycles. The van der Waals surface area contributed by atoms with Crippen LogP contribution in [0.2, 0.25) is 0 Å². The molecule has 4 N–H and O–H groups in total. The van der Waals surface area contributed by atoms with Gasteiger partial charge in [-0.3, -0.25) is 29.4 Å². The number of amides is 6. The Morgan fingerprint density at radius 1 is 0.869 bits per heavy atom. The van der Waals surface area contributed by atoms with Crippen molar-refractivity contribution in [2.75, 3.05) is 80.7 Å². The quantitative estimate of drug-likeness (QED) is 0.254. The second-order valence-electron chi connectivity index (χ2n) is 18.0. The number of primary amides is 1. The molecule has 2 atom stereocenters. The molecule has 2 unspecified atom stereocenters. The summed E-state index contributed by atoms with van der Waals surface area (Å²) in [6.07, 6.45) is 6.09. The van der Waals surface area contributed by atoms with E-state index < -0.39 is 17.9 Å². The van der Waals surface area contributed by atoms with Crippen molar-refractivity contribution in [1.82, 2.24) is 34.9 Å². The zero-order valence-electron chi connectivity index (χ0n) is 34.6. The maximum atomic E-state index is 13.3. The topological polar surface area (TPSA) is 190 Å². The number of hydrogen-bond acceptors (Lipinski definition) is 12. The Bertz CT molecular complexity index is 2250. The Labute approximate surface area is 354 Å². The van der Waals surface area contributed by atoms with Gasteiger partial charge in [0.1, 0.15) is 11.9 Å². The summed E-state index contributed by atoms with van der Waals surface area (Å²) in [4.78, 5) is 85.0. The summed E-state index contributed by atoms with van der Waals surface area (Å²) in [5.74, 6) is -0.537. The molecule has 8 heterocycles. The third kappa shape index (κ3) is 7.30. The second-order valence-corrected chi connectivity index (χ2v) is 18.0. The van der Waals surface area contributed by atoms with E-state index in [1.165, 1.54) is 5.56 Å². The van der Waals surface area contributed by atoms with Crippen molar-refractivity contribution in [3.8, 4) is 0 Å². The van der Waals surface area contributed by atoms with Gasteiger partial charge < -0.3 is 40.3 Å². The van der Waals surface area contributed by atoms with Crippen LogP contribution >= 0.6 is 0 Å². The number of carbonyl (C=O) groups excluding carboxylic acids is 5. The zero-order valence-corrected chi connectivity index (χ0v) is 34.6. The van der Waals surface area contributed by atoms with Crippen LogP contribution in [0.25, 0.3) is 0 Å². The lowest BCUT2D eigenvalue weighted by molar-refractivity contribution is -0.136.